The van der Waals surface area contributed by atoms with Gasteiger partial charge in [0.05, 0.1) is 0 Å². The van der Waals surface area contributed by atoms with Crippen molar-refractivity contribution >= 4 is 11.6 Å². The third-order valence-corrected chi connectivity index (χ3v) is 5.21. The summed E-state index contributed by atoms with van der Waals surface area (Å²) in [6.07, 6.45) is 4.96. The second-order valence-corrected chi connectivity index (χ2v) is 7.07. The predicted octanol–water partition coefficient (Wildman–Crippen LogP) is 2.99. The van der Waals surface area contributed by atoms with E-state index in [4.69, 9.17) is 0 Å². The van der Waals surface area contributed by atoms with Crippen LogP contribution >= 0.6 is 0 Å². The van der Waals surface area contributed by atoms with Gasteiger partial charge in [-0.05, 0) is 42.8 Å². The minimum atomic E-state index is -0.919. The summed E-state index contributed by atoms with van der Waals surface area (Å²) in [6, 6.07) is 7.65. The van der Waals surface area contributed by atoms with Crippen LogP contribution in [0.3, 0.4) is 0 Å². The SMILES string of the molecule is O=C1C[C@@]2(CCN(Cc3ccncc3)C2)CN1c1ccc(F)c(F)c1. The molecule has 1 spiro atoms. The number of likely N-dealkylation sites (tertiary alicyclic amines) is 1. The summed E-state index contributed by atoms with van der Waals surface area (Å²) in [7, 11) is 0. The number of halogens is 2. The quantitative estimate of drug-likeness (QED) is 0.860. The van der Waals surface area contributed by atoms with Crippen LogP contribution in [-0.2, 0) is 11.3 Å². The third kappa shape index (κ3) is 3.14. The van der Waals surface area contributed by atoms with E-state index in [0.29, 0.717) is 18.7 Å². The molecule has 4 rings (SSSR count). The molecular weight excluding hydrogens is 324 g/mol. The Kier molecular flexibility index (Phi) is 4.00. The number of nitrogens with zero attached hydrogens (tertiary/aromatic N) is 3. The molecule has 2 fully saturated rings. The first-order valence-electron chi connectivity index (χ1n) is 8.41. The molecule has 1 aromatic heterocycles. The summed E-state index contributed by atoms with van der Waals surface area (Å²) in [4.78, 5) is 20.5. The number of anilines is 1. The highest BCUT2D eigenvalue weighted by molar-refractivity contribution is 5.96. The van der Waals surface area contributed by atoms with Gasteiger partial charge in [0, 0.05) is 55.6 Å². The molecule has 0 bridgehead atoms. The Hall–Kier alpha value is -2.34. The second-order valence-electron chi connectivity index (χ2n) is 7.07. The monoisotopic (exact) mass is 343 g/mol. The highest BCUT2D eigenvalue weighted by Crippen LogP contribution is 2.42. The van der Waals surface area contributed by atoms with Crippen molar-refractivity contribution in [2.24, 2.45) is 5.41 Å². The molecule has 1 amide bonds. The predicted molar refractivity (Wildman–Crippen MR) is 89.9 cm³/mol. The van der Waals surface area contributed by atoms with Gasteiger partial charge in [0.1, 0.15) is 0 Å². The lowest BCUT2D eigenvalue weighted by atomic mass is 9.86. The molecule has 25 heavy (non-hydrogen) atoms. The maximum Gasteiger partial charge on any atom is 0.227 e. The molecule has 1 aromatic carbocycles. The number of amides is 1. The van der Waals surface area contributed by atoms with E-state index in [-0.39, 0.29) is 11.3 Å². The fraction of sp³-hybridized carbons (Fsp3) is 0.368. The molecule has 2 aliphatic rings. The van der Waals surface area contributed by atoms with Crippen LogP contribution in [0.25, 0.3) is 0 Å². The Bertz CT molecular complexity index is 799. The van der Waals surface area contributed by atoms with E-state index >= 15 is 0 Å². The third-order valence-electron chi connectivity index (χ3n) is 5.21. The van der Waals surface area contributed by atoms with E-state index in [9.17, 15) is 13.6 Å². The van der Waals surface area contributed by atoms with Gasteiger partial charge in [-0.1, -0.05) is 0 Å². The summed E-state index contributed by atoms with van der Waals surface area (Å²) in [5.74, 6) is -1.83. The standard InChI is InChI=1S/C19H19F2N3O/c20-16-2-1-15(9-17(16)21)24-13-19(10-18(24)25)5-8-23(12-19)11-14-3-6-22-7-4-14/h1-4,6-7,9H,5,8,10-13H2/t19-/m1/s1. The van der Waals surface area contributed by atoms with Gasteiger partial charge in [-0.3, -0.25) is 14.7 Å². The van der Waals surface area contributed by atoms with Crippen LogP contribution in [0.5, 0.6) is 0 Å². The lowest BCUT2D eigenvalue weighted by molar-refractivity contribution is -0.117. The summed E-state index contributed by atoms with van der Waals surface area (Å²) in [5, 5.41) is 0. The smallest absolute Gasteiger partial charge is 0.227 e. The zero-order valence-electron chi connectivity index (χ0n) is 13.8. The highest BCUT2D eigenvalue weighted by atomic mass is 19.2. The van der Waals surface area contributed by atoms with Crippen LogP contribution in [0.1, 0.15) is 18.4 Å². The topological polar surface area (TPSA) is 36.4 Å². The number of rotatable bonds is 3. The highest BCUT2D eigenvalue weighted by Gasteiger charge is 2.47. The van der Waals surface area contributed by atoms with Crippen molar-refractivity contribution in [1.29, 1.82) is 0 Å². The Balaban J connectivity index is 1.47. The number of pyridine rings is 1. The lowest BCUT2D eigenvalue weighted by Gasteiger charge is -2.24. The van der Waals surface area contributed by atoms with Crippen LogP contribution in [0, 0.1) is 17.0 Å². The Labute approximate surface area is 145 Å². The van der Waals surface area contributed by atoms with Crippen LogP contribution in [-0.4, -0.2) is 35.4 Å². The van der Waals surface area contributed by atoms with Gasteiger partial charge in [0.15, 0.2) is 11.6 Å². The van der Waals surface area contributed by atoms with Gasteiger partial charge in [-0.2, -0.15) is 0 Å². The molecule has 130 valence electrons. The van der Waals surface area contributed by atoms with Gasteiger partial charge in [-0.25, -0.2) is 8.78 Å². The first kappa shape index (κ1) is 16.1. The van der Waals surface area contributed by atoms with E-state index in [0.717, 1.165) is 38.2 Å². The van der Waals surface area contributed by atoms with Gasteiger partial charge in [-0.15, -0.1) is 0 Å². The van der Waals surface area contributed by atoms with Gasteiger partial charge >= 0.3 is 0 Å². The molecule has 2 aromatic rings. The van der Waals surface area contributed by atoms with Gasteiger partial charge in [0.25, 0.3) is 0 Å². The molecule has 1 atom stereocenters. The van der Waals surface area contributed by atoms with Crippen LogP contribution in [0.4, 0.5) is 14.5 Å². The largest absolute Gasteiger partial charge is 0.312 e. The minimum Gasteiger partial charge on any atom is -0.312 e. The maximum atomic E-state index is 13.5. The number of carbonyl (C=O) groups excluding carboxylic acids is 1. The average Bonchev–Trinajstić information content (AvgIpc) is 3.14. The zero-order chi connectivity index (χ0) is 17.4. The van der Waals surface area contributed by atoms with E-state index in [1.165, 1.54) is 11.6 Å². The molecule has 4 nitrogen and oxygen atoms in total. The first-order chi connectivity index (χ1) is 12.0. The number of hydrogen-bond acceptors (Lipinski definition) is 3. The number of carbonyl (C=O) groups is 1. The minimum absolute atomic E-state index is 0.0169. The molecule has 0 saturated carbocycles. The normalized spacial score (nSPS) is 23.8. The number of benzene rings is 1. The summed E-state index contributed by atoms with van der Waals surface area (Å²) in [5.41, 5.74) is 1.54. The Morgan fingerprint density at radius 3 is 2.64 bits per heavy atom. The van der Waals surface area contributed by atoms with Crippen molar-refractivity contribution in [2.75, 3.05) is 24.5 Å². The molecule has 6 heteroatoms. The molecule has 0 unspecified atom stereocenters. The molecule has 0 N–H and O–H groups in total. The van der Waals surface area contributed by atoms with Crippen molar-refractivity contribution in [2.45, 2.75) is 19.4 Å². The van der Waals surface area contributed by atoms with Crippen LogP contribution < -0.4 is 4.90 Å². The van der Waals surface area contributed by atoms with Crippen LogP contribution in [0.2, 0.25) is 0 Å². The van der Waals surface area contributed by atoms with Crippen LogP contribution in [0.15, 0.2) is 42.7 Å². The molecule has 2 aliphatic heterocycles. The van der Waals surface area contributed by atoms with Gasteiger partial charge in [0.2, 0.25) is 5.91 Å². The maximum absolute atomic E-state index is 13.5. The first-order valence-corrected chi connectivity index (χ1v) is 8.41. The lowest BCUT2D eigenvalue weighted by Crippen LogP contribution is -2.31. The second kappa shape index (κ2) is 6.19. The summed E-state index contributed by atoms with van der Waals surface area (Å²) >= 11 is 0. The van der Waals surface area contributed by atoms with Crippen molar-refractivity contribution < 1.29 is 13.6 Å². The average molecular weight is 343 g/mol. The van der Waals surface area contributed by atoms with Crippen molar-refractivity contribution in [3.05, 3.63) is 59.9 Å². The van der Waals surface area contributed by atoms with Gasteiger partial charge < -0.3 is 4.90 Å². The Morgan fingerprint density at radius 2 is 1.88 bits per heavy atom. The molecule has 3 heterocycles. The molecule has 0 aliphatic carbocycles. The summed E-state index contributed by atoms with van der Waals surface area (Å²) < 4.78 is 26.7. The van der Waals surface area contributed by atoms with Crippen molar-refractivity contribution in [1.82, 2.24) is 9.88 Å². The number of aromatic nitrogens is 1. The van der Waals surface area contributed by atoms with Crippen molar-refractivity contribution in [3.63, 3.8) is 0 Å². The zero-order valence-corrected chi connectivity index (χ0v) is 13.8. The van der Waals surface area contributed by atoms with E-state index in [1.807, 2.05) is 12.1 Å². The number of hydrogen-bond donors (Lipinski definition) is 0. The Morgan fingerprint density at radius 1 is 1.08 bits per heavy atom. The summed E-state index contributed by atoms with van der Waals surface area (Å²) in [6.45, 7) is 3.16. The molecular formula is C19H19F2N3O. The molecule has 0 radical (unpaired) electrons. The van der Waals surface area contributed by atoms with E-state index < -0.39 is 11.6 Å². The fourth-order valence-electron chi connectivity index (χ4n) is 3.97. The van der Waals surface area contributed by atoms with E-state index in [2.05, 4.69) is 9.88 Å². The molecule has 2 saturated heterocycles. The fourth-order valence-corrected chi connectivity index (χ4v) is 3.97. The van der Waals surface area contributed by atoms with Crippen molar-refractivity contribution in [3.8, 4) is 0 Å². The van der Waals surface area contributed by atoms with E-state index in [1.54, 1.807) is 17.3 Å².